The summed E-state index contributed by atoms with van der Waals surface area (Å²) in [6, 6.07) is 14.4. The van der Waals surface area contributed by atoms with E-state index in [1.165, 1.54) is 0 Å². The topological polar surface area (TPSA) is 68.2 Å². The number of rotatable bonds is 4. The largest absolute Gasteiger partial charge is 0.495 e. The second-order valence-corrected chi connectivity index (χ2v) is 4.77. The number of amides is 2. The summed E-state index contributed by atoms with van der Waals surface area (Å²) in [5, 5.41) is 5.63. The number of carbonyl (C=O) groups is 1. The van der Waals surface area contributed by atoms with Gasteiger partial charge < -0.3 is 19.9 Å². The van der Waals surface area contributed by atoms with Crippen molar-refractivity contribution < 1.29 is 9.53 Å². The van der Waals surface area contributed by atoms with Crippen LogP contribution in [-0.2, 0) is 0 Å². The van der Waals surface area contributed by atoms with Crippen LogP contribution in [0.4, 0.5) is 16.2 Å². The standard InChI is InChI=1S/C17H16N4O2/c1-23-16-9-5-3-7-14(16)20-17(22)19-13-6-2-4-8-15(13)21-11-10-18-12-21/h2-12H,1H3,(H2,19,20,22). The van der Waals surface area contributed by atoms with E-state index in [2.05, 4.69) is 15.6 Å². The molecule has 2 N–H and O–H groups in total. The Morgan fingerprint density at radius 3 is 2.48 bits per heavy atom. The maximum Gasteiger partial charge on any atom is 0.323 e. The number of hydrogen-bond donors (Lipinski definition) is 2. The lowest BCUT2D eigenvalue weighted by Gasteiger charge is -2.13. The van der Waals surface area contributed by atoms with Gasteiger partial charge in [-0.3, -0.25) is 0 Å². The Hall–Kier alpha value is -3.28. The van der Waals surface area contributed by atoms with Gasteiger partial charge in [0, 0.05) is 12.4 Å². The average Bonchev–Trinajstić information content (AvgIpc) is 3.10. The molecule has 3 rings (SSSR count). The molecule has 0 aliphatic rings. The Balaban J connectivity index is 1.79. The van der Waals surface area contributed by atoms with Gasteiger partial charge in [-0.2, -0.15) is 0 Å². The van der Waals surface area contributed by atoms with Gasteiger partial charge in [0.1, 0.15) is 5.75 Å². The van der Waals surface area contributed by atoms with Gasteiger partial charge in [-0.25, -0.2) is 9.78 Å². The minimum absolute atomic E-state index is 0.345. The molecule has 0 bridgehead atoms. The van der Waals surface area contributed by atoms with E-state index in [-0.39, 0.29) is 6.03 Å². The van der Waals surface area contributed by atoms with Crippen molar-refractivity contribution in [1.82, 2.24) is 9.55 Å². The van der Waals surface area contributed by atoms with Crippen LogP contribution in [0.3, 0.4) is 0 Å². The Bertz CT molecular complexity index is 800. The number of carbonyl (C=O) groups excluding carboxylic acids is 1. The molecule has 0 saturated carbocycles. The number of methoxy groups -OCH3 is 1. The molecule has 6 heteroatoms. The number of benzene rings is 2. The lowest BCUT2D eigenvalue weighted by Crippen LogP contribution is -2.20. The molecule has 0 aliphatic carbocycles. The van der Waals surface area contributed by atoms with Crippen LogP contribution in [0.25, 0.3) is 5.69 Å². The van der Waals surface area contributed by atoms with Gasteiger partial charge >= 0.3 is 6.03 Å². The van der Waals surface area contributed by atoms with Gasteiger partial charge in [-0.15, -0.1) is 0 Å². The molecule has 0 atom stereocenters. The zero-order chi connectivity index (χ0) is 16.1. The van der Waals surface area contributed by atoms with E-state index < -0.39 is 0 Å². The highest BCUT2D eigenvalue weighted by Gasteiger charge is 2.10. The quantitative estimate of drug-likeness (QED) is 0.775. The van der Waals surface area contributed by atoms with Gasteiger partial charge in [0.25, 0.3) is 0 Å². The lowest BCUT2D eigenvalue weighted by molar-refractivity contribution is 0.262. The summed E-state index contributed by atoms with van der Waals surface area (Å²) in [7, 11) is 1.56. The third kappa shape index (κ3) is 3.32. The van der Waals surface area contributed by atoms with E-state index in [9.17, 15) is 4.79 Å². The van der Waals surface area contributed by atoms with E-state index in [1.54, 1.807) is 31.8 Å². The molecule has 0 unspecified atom stereocenters. The van der Waals surface area contributed by atoms with E-state index >= 15 is 0 Å². The van der Waals surface area contributed by atoms with Crippen molar-refractivity contribution in [1.29, 1.82) is 0 Å². The maximum atomic E-state index is 12.3. The molecule has 116 valence electrons. The van der Waals surface area contributed by atoms with Gasteiger partial charge in [0.15, 0.2) is 0 Å². The van der Waals surface area contributed by atoms with E-state index in [0.29, 0.717) is 17.1 Å². The van der Waals surface area contributed by atoms with Gasteiger partial charge in [0.05, 0.1) is 30.5 Å². The first-order valence-corrected chi connectivity index (χ1v) is 7.06. The van der Waals surface area contributed by atoms with Crippen molar-refractivity contribution >= 4 is 17.4 Å². The molecule has 2 aromatic carbocycles. The zero-order valence-corrected chi connectivity index (χ0v) is 12.6. The van der Waals surface area contributed by atoms with Crippen LogP contribution in [0.2, 0.25) is 0 Å². The Morgan fingerprint density at radius 2 is 1.74 bits per heavy atom. The summed E-state index contributed by atoms with van der Waals surface area (Å²) in [5.74, 6) is 0.602. The van der Waals surface area contributed by atoms with Crippen molar-refractivity contribution in [2.75, 3.05) is 17.7 Å². The van der Waals surface area contributed by atoms with E-state index in [1.807, 2.05) is 47.2 Å². The SMILES string of the molecule is COc1ccccc1NC(=O)Nc1ccccc1-n1ccnc1. The number of imidazole rings is 1. The van der Waals surface area contributed by atoms with Crippen LogP contribution in [0.5, 0.6) is 5.75 Å². The van der Waals surface area contributed by atoms with Crippen LogP contribution >= 0.6 is 0 Å². The normalized spacial score (nSPS) is 10.1. The van der Waals surface area contributed by atoms with Crippen molar-refractivity contribution in [2.24, 2.45) is 0 Å². The van der Waals surface area contributed by atoms with Gasteiger partial charge in [-0.1, -0.05) is 24.3 Å². The third-order valence-corrected chi connectivity index (χ3v) is 3.29. The maximum absolute atomic E-state index is 12.3. The van der Waals surface area contributed by atoms with Crippen molar-refractivity contribution in [3.05, 3.63) is 67.3 Å². The predicted octanol–water partition coefficient (Wildman–Crippen LogP) is 3.52. The number of nitrogens with one attached hydrogen (secondary N) is 2. The van der Waals surface area contributed by atoms with Crippen molar-refractivity contribution in [3.63, 3.8) is 0 Å². The molecular weight excluding hydrogens is 292 g/mol. The Labute approximate surface area is 133 Å². The van der Waals surface area contributed by atoms with E-state index in [0.717, 1.165) is 5.69 Å². The highest BCUT2D eigenvalue weighted by Crippen LogP contribution is 2.24. The first-order chi connectivity index (χ1) is 11.3. The van der Waals surface area contributed by atoms with Gasteiger partial charge in [0.2, 0.25) is 0 Å². The van der Waals surface area contributed by atoms with Gasteiger partial charge in [-0.05, 0) is 24.3 Å². The van der Waals surface area contributed by atoms with Crippen LogP contribution in [0.1, 0.15) is 0 Å². The van der Waals surface area contributed by atoms with Crippen molar-refractivity contribution in [2.45, 2.75) is 0 Å². The monoisotopic (exact) mass is 308 g/mol. The molecule has 2 amide bonds. The summed E-state index contributed by atoms with van der Waals surface area (Å²) in [5.41, 5.74) is 2.12. The molecule has 1 aromatic heterocycles. The average molecular weight is 308 g/mol. The number of aromatic nitrogens is 2. The molecule has 0 aliphatic heterocycles. The Morgan fingerprint density at radius 1 is 1.04 bits per heavy atom. The molecular formula is C17H16N4O2. The Kier molecular flexibility index (Phi) is 4.24. The summed E-state index contributed by atoms with van der Waals surface area (Å²) in [4.78, 5) is 16.3. The molecule has 23 heavy (non-hydrogen) atoms. The molecule has 3 aromatic rings. The fourth-order valence-corrected chi connectivity index (χ4v) is 2.23. The number of urea groups is 1. The number of anilines is 2. The summed E-state index contributed by atoms with van der Waals surface area (Å²) >= 11 is 0. The second kappa shape index (κ2) is 6.65. The van der Waals surface area contributed by atoms with Crippen LogP contribution < -0.4 is 15.4 Å². The molecule has 0 radical (unpaired) electrons. The zero-order valence-electron chi connectivity index (χ0n) is 12.6. The fourth-order valence-electron chi connectivity index (χ4n) is 2.23. The second-order valence-electron chi connectivity index (χ2n) is 4.77. The number of para-hydroxylation sites is 4. The molecule has 6 nitrogen and oxygen atoms in total. The third-order valence-electron chi connectivity index (χ3n) is 3.29. The summed E-state index contributed by atoms with van der Waals surface area (Å²) in [6.45, 7) is 0. The molecule has 0 spiro atoms. The van der Waals surface area contributed by atoms with E-state index in [4.69, 9.17) is 4.74 Å². The molecule has 0 fully saturated rings. The number of nitrogens with zero attached hydrogens (tertiary/aromatic N) is 2. The summed E-state index contributed by atoms with van der Waals surface area (Å²) < 4.78 is 7.06. The first-order valence-electron chi connectivity index (χ1n) is 7.06. The lowest BCUT2D eigenvalue weighted by atomic mass is 10.2. The van der Waals surface area contributed by atoms with Crippen LogP contribution in [0.15, 0.2) is 67.3 Å². The summed E-state index contributed by atoms with van der Waals surface area (Å²) in [6.07, 6.45) is 5.18. The number of ether oxygens (including phenoxy) is 1. The van der Waals surface area contributed by atoms with Crippen LogP contribution in [0, 0.1) is 0 Å². The predicted molar refractivity (Wildman–Crippen MR) is 89.2 cm³/mol. The highest BCUT2D eigenvalue weighted by molar-refractivity contribution is 6.01. The first kappa shape index (κ1) is 14.6. The fraction of sp³-hybridized carbons (Fsp3) is 0.0588. The molecule has 0 saturated heterocycles. The molecule has 1 heterocycles. The minimum Gasteiger partial charge on any atom is -0.495 e. The highest BCUT2D eigenvalue weighted by atomic mass is 16.5. The smallest absolute Gasteiger partial charge is 0.323 e. The van der Waals surface area contributed by atoms with Crippen molar-refractivity contribution in [3.8, 4) is 11.4 Å². The van der Waals surface area contributed by atoms with Crippen LogP contribution in [-0.4, -0.2) is 22.7 Å². The number of hydrogen-bond acceptors (Lipinski definition) is 3. The minimum atomic E-state index is -0.345.